The molecule has 0 saturated heterocycles. The number of aromatic nitrogens is 1. The summed E-state index contributed by atoms with van der Waals surface area (Å²) in [6.45, 7) is 1.78. The van der Waals surface area contributed by atoms with Crippen LogP contribution in [0.3, 0.4) is 0 Å². The molecule has 2 aromatic rings. The molecular weight excluding hydrogens is 244 g/mol. The van der Waals surface area contributed by atoms with E-state index in [4.69, 9.17) is 10.8 Å². The number of carbonyl (C=O) groups is 1. The van der Waals surface area contributed by atoms with Gasteiger partial charge in [-0.25, -0.2) is 4.98 Å². The number of aryl methyl sites for hydroxylation is 1. The van der Waals surface area contributed by atoms with Gasteiger partial charge in [0.25, 0.3) is 0 Å². The Hall–Kier alpha value is -1.24. The lowest BCUT2D eigenvalue weighted by Gasteiger charge is -2.02. The summed E-state index contributed by atoms with van der Waals surface area (Å²) in [7, 11) is 0. The molecule has 2 aromatic heterocycles. The maximum Gasteiger partial charge on any atom is 0.326 e. The summed E-state index contributed by atoms with van der Waals surface area (Å²) in [6.07, 6.45) is 0. The van der Waals surface area contributed by atoms with E-state index in [0.29, 0.717) is 10.6 Å². The van der Waals surface area contributed by atoms with E-state index in [0.717, 1.165) is 9.88 Å². The molecule has 1 atom stereocenters. The second-order valence-corrected chi connectivity index (χ2v) is 5.24. The van der Waals surface area contributed by atoms with Gasteiger partial charge in [0.1, 0.15) is 11.0 Å². The predicted molar refractivity (Wildman–Crippen MR) is 64.7 cm³/mol. The number of carboxylic acids is 1. The van der Waals surface area contributed by atoms with Crippen LogP contribution in [-0.2, 0) is 4.79 Å². The number of thiazole rings is 1. The van der Waals surface area contributed by atoms with Crippen molar-refractivity contribution in [2.24, 2.45) is 5.73 Å². The van der Waals surface area contributed by atoms with Crippen LogP contribution < -0.4 is 5.73 Å². The standard InChI is InChI=1S/C10H10N2O2S2/c1-5-8(7(11)10(13)14)16-9(12-5)6-3-2-4-15-6/h2-4,7H,11H2,1H3,(H,13,14). The molecule has 1 unspecified atom stereocenters. The molecule has 0 radical (unpaired) electrons. The number of rotatable bonds is 3. The van der Waals surface area contributed by atoms with Gasteiger partial charge in [-0.1, -0.05) is 6.07 Å². The molecule has 0 spiro atoms. The third kappa shape index (κ3) is 1.99. The molecule has 0 fully saturated rings. The van der Waals surface area contributed by atoms with Gasteiger partial charge >= 0.3 is 5.97 Å². The Bertz CT molecular complexity index is 505. The fraction of sp³-hybridized carbons (Fsp3) is 0.200. The molecule has 0 bridgehead atoms. The summed E-state index contributed by atoms with van der Waals surface area (Å²) in [4.78, 5) is 16.8. The van der Waals surface area contributed by atoms with Crippen molar-refractivity contribution in [3.05, 3.63) is 28.1 Å². The zero-order valence-corrected chi connectivity index (χ0v) is 10.1. The second kappa shape index (κ2) is 4.32. The fourth-order valence-electron chi connectivity index (χ4n) is 1.31. The predicted octanol–water partition coefficient (Wildman–Crippen LogP) is 2.26. The molecule has 2 rings (SSSR count). The van der Waals surface area contributed by atoms with Crippen molar-refractivity contribution in [1.29, 1.82) is 0 Å². The lowest BCUT2D eigenvalue weighted by molar-refractivity contribution is -0.138. The summed E-state index contributed by atoms with van der Waals surface area (Å²) in [6, 6.07) is 2.92. The van der Waals surface area contributed by atoms with Gasteiger partial charge < -0.3 is 10.8 Å². The van der Waals surface area contributed by atoms with Gasteiger partial charge in [0.2, 0.25) is 0 Å². The molecule has 4 nitrogen and oxygen atoms in total. The van der Waals surface area contributed by atoms with Gasteiger partial charge in [-0.05, 0) is 18.4 Å². The van der Waals surface area contributed by atoms with Crippen LogP contribution in [0, 0.1) is 6.92 Å². The highest BCUT2D eigenvalue weighted by atomic mass is 32.1. The third-order valence-corrected chi connectivity index (χ3v) is 4.39. The van der Waals surface area contributed by atoms with E-state index in [1.54, 1.807) is 18.3 Å². The second-order valence-electron chi connectivity index (χ2n) is 3.26. The number of nitrogens with two attached hydrogens (primary N) is 1. The monoisotopic (exact) mass is 254 g/mol. The zero-order valence-electron chi connectivity index (χ0n) is 8.51. The van der Waals surface area contributed by atoms with Gasteiger partial charge in [0, 0.05) is 0 Å². The van der Waals surface area contributed by atoms with Crippen molar-refractivity contribution in [2.75, 3.05) is 0 Å². The number of hydrogen-bond donors (Lipinski definition) is 2. The van der Waals surface area contributed by atoms with Crippen LogP contribution >= 0.6 is 22.7 Å². The summed E-state index contributed by atoms with van der Waals surface area (Å²) < 4.78 is 0. The average Bonchev–Trinajstić information content (AvgIpc) is 2.84. The summed E-state index contributed by atoms with van der Waals surface area (Å²) >= 11 is 2.92. The average molecular weight is 254 g/mol. The van der Waals surface area contributed by atoms with Crippen molar-refractivity contribution in [2.45, 2.75) is 13.0 Å². The first-order valence-corrected chi connectivity index (χ1v) is 6.29. The first kappa shape index (κ1) is 11.3. The van der Waals surface area contributed by atoms with Gasteiger partial charge in [0.15, 0.2) is 0 Å². The lowest BCUT2D eigenvalue weighted by atomic mass is 10.2. The van der Waals surface area contributed by atoms with Gasteiger partial charge in [-0.3, -0.25) is 4.79 Å². The van der Waals surface area contributed by atoms with Crippen LogP contribution in [0.4, 0.5) is 0 Å². The number of hydrogen-bond acceptors (Lipinski definition) is 5. The zero-order chi connectivity index (χ0) is 11.7. The van der Waals surface area contributed by atoms with Gasteiger partial charge in [-0.2, -0.15) is 0 Å². The first-order valence-electron chi connectivity index (χ1n) is 4.59. The Labute approximate surface area is 100 Å². The van der Waals surface area contributed by atoms with Gasteiger partial charge in [-0.15, -0.1) is 22.7 Å². The highest BCUT2D eigenvalue weighted by molar-refractivity contribution is 7.21. The van der Waals surface area contributed by atoms with Crippen molar-refractivity contribution in [3.63, 3.8) is 0 Å². The minimum Gasteiger partial charge on any atom is -0.480 e. The van der Waals surface area contributed by atoms with Crippen molar-refractivity contribution < 1.29 is 9.90 Å². The minimum absolute atomic E-state index is 0.621. The molecule has 0 saturated carbocycles. The van der Waals surface area contributed by atoms with Gasteiger partial charge in [0.05, 0.1) is 15.4 Å². The maximum atomic E-state index is 10.8. The quantitative estimate of drug-likeness (QED) is 0.881. The smallest absolute Gasteiger partial charge is 0.326 e. The van der Waals surface area contributed by atoms with Crippen LogP contribution in [-0.4, -0.2) is 16.1 Å². The lowest BCUT2D eigenvalue weighted by Crippen LogP contribution is -2.20. The summed E-state index contributed by atoms with van der Waals surface area (Å²) in [5.41, 5.74) is 6.28. The Morgan fingerprint density at radius 2 is 2.38 bits per heavy atom. The molecule has 84 valence electrons. The Morgan fingerprint density at radius 1 is 1.62 bits per heavy atom. The van der Waals surface area contributed by atoms with E-state index in [1.807, 2.05) is 17.5 Å². The van der Waals surface area contributed by atoms with E-state index >= 15 is 0 Å². The van der Waals surface area contributed by atoms with Crippen molar-refractivity contribution in [1.82, 2.24) is 4.98 Å². The molecule has 0 aliphatic carbocycles. The molecule has 3 N–H and O–H groups in total. The fourth-order valence-corrected chi connectivity index (χ4v) is 3.17. The largest absolute Gasteiger partial charge is 0.480 e. The first-order chi connectivity index (χ1) is 7.59. The highest BCUT2D eigenvalue weighted by Crippen LogP contribution is 2.33. The molecule has 0 amide bonds. The highest BCUT2D eigenvalue weighted by Gasteiger charge is 2.21. The van der Waals surface area contributed by atoms with E-state index in [1.165, 1.54) is 11.3 Å². The Balaban J connectivity index is 2.40. The number of nitrogens with zero attached hydrogens (tertiary/aromatic N) is 1. The van der Waals surface area contributed by atoms with E-state index in [9.17, 15) is 4.79 Å². The van der Waals surface area contributed by atoms with Crippen LogP contribution in [0.5, 0.6) is 0 Å². The van der Waals surface area contributed by atoms with Crippen LogP contribution in [0.15, 0.2) is 17.5 Å². The Morgan fingerprint density at radius 3 is 2.94 bits per heavy atom. The van der Waals surface area contributed by atoms with Crippen LogP contribution in [0.2, 0.25) is 0 Å². The van der Waals surface area contributed by atoms with Crippen LogP contribution in [0.25, 0.3) is 9.88 Å². The van der Waals surface area contributed by atoms with E-state index < -0.39 is 12.0 Å². The number of carboxylic acid groups (broad SMARTS) is 1. The van der Waals surface area contributed by atoms with Crippen LogP contribution in [0.1, 0.15) is 16.6 Å². The molecular formula is C10H10N2O2S2. The molecule has 0 aliphatic heterocycles. The molecule has 16 heavy (non-hydrogen) atoms. The molecule has 2 heterocycles. The Kier molecular flexibility index (Phi) is 3.04. The minimum atomic E-state index is -1.02. The topological polar surface area (TPSA) is 76.2 Å². The summed E-state index contributed by atoms with van der Waals surface area (Å²) in [5.74, 6) is -1.02. The van der Waals surface area contributed by atoms with Crippen molar-refractivity contribution >= 4 is 28.6 Å². The third-order valence-electron chi connectivity index (χ3n) is 2.11. The summed E-state index contributed by atoms with van der Waals surface area (Å²) in [5, 5.41) is 11.6. The molecule has 0 aliphatic rings. The normalized spacial score (nSPS) is 12.6. The van der Waals surface area contributed by atoms with E-state index in [-0.39, 0.29) is 0 Å². The molecule has 6 heteroatoms. The number of thiophene rings is 1. The SMILES string of the molecule is Cc1nc(-c2cccs2)sc1C(N)C(=O)O. The van der Waals surface area contributed by atoms with Crippen molar-refractivity contribution in [3.8, 4) is 9.88 Å². The maximum absolute atomic E-state index is 10.8. The molecule has 0 aromatic carbocycles. The number of aliphatic carboxylic acids is 1. The van der Waals surface area contributed by atoms with E-state index in [2.05, 4.69) is 4.98 Å².